The van der Waals surface area contributed by atoms with Gasteiger partial charge in [0.2, 0.25) is 0 Å². The van der Waals surface area contributed by atoms with Crippen molar-refractivity contribution in [3.05, 3.63) is 29.8 Å². The van der Waals surface area contributed by atoms with Crippen LogP contribution in [0.2, 0.25) is 0 Å². The molecular formula is C15H22N2O. The Morgan fingerprint density at radius 2 is 2.17 bits per heavy atom. The van der Waals surface area contributed by atoms with Gasteiger partial charge in [0, 0.05) is 24.3 Å². The van der Waals surface area contributed by atoms with Gasteiger partial charge in [-0.15, -0.1) is 0 Å². The Hall–Kier alpha value is -1.06. The molecule has 1 aromatic rings. The van der Waals surface area contributed by atoms with Crippen molar-refractivity contribution >= 4 is 5.69 Å². The van der Waals surface area contributed by atoms with Gasteiger partial charge < -0.3 is 10.4 Å². The van der Waals surface area contributed by atoms with E-state index in [1.165, 1.54) is 38.8 Å². The minimum Gasteiger partial charge on any atom is -0.392 e. The van der Waals surface area contributed by atoms with Gasteiger partial charge in [0.15, 0.2) is 0 Å². The largest absolute Gasteiger partial charge is 0.392 e. The van der Waals surface area contributed by atoms with Gasteiger partial charge in [0.05, 0.1) is 6.61 Å². The summed E-state index contributed by atoms with van der Waals surface area (Å²) in [6.45, 7) is 2.64. The highest BCUT2D eigenvalue weighted by Crippen LogP contribution is 2.29. The predicted octanol–water partition coefficient (Wildman–Crippen LogP) is 2.22. The number of nitrogens with one attached hydrogen (secondary N) is 1. The quantitative estimate of drug-likeness (QED) is 0.858. The molecule has 98 valence electrons. The van der Waals surface area contributed by atoms with Gasteiger partial charge in [-0.05, 0) is 43.5 Å². The summed E-state index contributed by atoms with van der Waals surface area (Å²) in [7, 11) is 0. The summed E-state index contributed by atoms with van der Waals surface area (Å²) in [5.74, 6) is 0. The Morgan fingerprint density at radius 1 is 1.22 bits per heavy atom. The second kappa shape index (κ2) is 5.29. The maximum atomic E-state index is 9.17. The summed E-state index contributed by atoms with van der Waals surface area (Å²) in [5.41, 5.74) is 2.14. The third-order valence-electron chi connectivity index (χ3n) is 4.32. The van der Waals surface area contributed by atoms with Gasteiger partial charge in [-0.1, -0.05) is 18.6 Å². The number of fused-ring (bicyclic) bond motifs is 1. The lowest BCUT2D eigenvalue weighted by molar-refractivity contribution is 0.193. The van der Waals surface area contributed by atoms with Crippen LogP contribution in [0.3, 0.4) is 0 Å². The van der Waals surface area contributed by atoms with Crippen LogP contribution in [0.15, 0.2) is 24.3 Å². The lowest BCUT2D eigenvalue weighted by atomic mass is 9.99. The Morgan fingerprint density at radius 3 is 3.06 bits per heavy atom. The van der Waals surface area contributed by atoms with Crippen molar-refractivity contribution < 1.29 is 5.11 Å². The van der Waals surface area contributed by atoms with Crippen molar-refractivity contribution in [3.63, 3.8) is 0 Å². The Labute approximate surface area is 109 Å². The van der Waals surface area contributed by atoms with E-state index in [9.17, 15) is 5.11 Å². The zero-order valence-electron chi connectivity index (χ0n) is 10.8. The number of piperidine rings is 1. The van der Waals surface area contributed by atoms with E-state index >= 15 is 0 Å². The SMILES string of the molecule is OCc1cccc(NC2CCN3CCCCC23)c1. The molecule has 0 aromatic heterocycles. The molecule has 2 fully saturated rings. The molecule has 2 atom stereocenters. The van der Waals surface area contributed by atoms with E-state index < -0.39 is 0 Å². The van der Waals surface area contributed by atoms with Crippen LogP contribution in [0.4, 0.5) is 5.69 Å². The molecule has 1 aromatic carbocycles. The predicted molar refractivity (Wildman–Crippen MR) is 73.6 cm³/mol. The van der Waals surface area contributed by atoms with Gasteiger partial charge in [-0.2, -0.15) is 0 Å². The smallest absolute Gasteiger partial charge is 0.0682 e. The van der Waals surface area contributed by atoms with Crippen LogP contribution in [-0.2, 0) is 6.61 Å². The fourth-order valence-electron chi connectivity index (χ4n) is 3.39. The molecule has 2 unspecified atom stereocenters. The van der Waals surface area contributed by atoms with E-state index in [0.717, 1.165) is 17.3 Å². The molecule has 0 aliphatic carbocycles. The van der Waals surface area contributed by atoms with E-state index in [-0.39, 0.29) is 6.61 Å². The van der Waals surface area contributed by atoms with Crippen LogP contribution >= 0.6 is 0 Å². The average Bonchev–Trinajstić information content (AvgIpc) is 2.83. The zero-order valence-corrected chi connectivity index (χ0v) is 10.8. The van der Waals surface area contributed by atoms with E-state index in [1.54, 1.807) is 0 Å². The fraction of sp³-hybridized carbons (Fsp3) is 0.600. The topological polar surface area (TPSA) is 35.5 Å². The number of anilines is 1. The molecule has 0 radical (unpaired) electrons. The summed E-state index contributed by atoms with van der Waals surface area (Å²) < 4.78 is 0. The van der Waals surface area contributed by atoms with Crippen molar-refractivity contribution in [2.45, 2.75) is 44.4 Å². The second-order valence-electron chi connectivity index (χ2n) is 5.50. The zero-order chi connectivity index (χ0) is 12.4. The molecule has 3 rings (SSSR count). The van der Waals surface area contributed by atoms with Gasteiger partial charge in [-0.3, -0.25) is 4.90 Å². The molecule has 2 N–H and O–H groups in total. The molecule has 2 heterocycles. The molecule has 0 spiro atoms. The number of hydrogen-bond donors (Lipinski definition) is 2. The first-order valence-corrected chi connectivity index (χ1v) is 7.07. The van der Waals surface area contributed by atoms with Crippen LogP contribution in [0.1, 0.15) is 31.2 Å². The fourth-order valence-corrected chi connectivity index (χ4v) is 3.39. The first-order chi connectivity index (χ1) is 8.86. The van der Waals surface area contributed by atoms with Crippen LogP contribution in [0, 0.1) is 0 Å². The van der Waals surface area contributed by atoms with Crippen molar-refractivity contribution in [2.24, 2.45) is 0 Å². The van der Waals surface area contributed by atoms with Crippen LogP contribution in [-0.4, -0.2) is 35.2 Å². The average molecular weight is 246 g/mol. The molecule has 18 heavy (non-hydrogen) atoms. The monoisotopic (exact) mass is 246 g/mol. The van der Waals surface area contributed by atoms with Crippen molar-refractivity contribution in [1.29, 1.82) is 0 Å². The number of aliphatic hydroxyl groups is 1. The molecule has 0 saturated carbocycles. The van der Waals surface area contributed by atoms with Gasteiger partial charge in [-0.25, -0.2) is 0 Å². The number of benzene rings is 1. The Bertz CT molecular complexity index is 407. The minimum absolute atomic E-state index is 0.121. The van der Waals surface area contributed by atoms with Gasteiger partial charge >= 0.3 is 0 Å². The summed E-state index contributed by atoms with van der Waals surface area (Å²) in [6, 6.07) is 9.44. The van der Waals surface area contributed by atoms with E-state index in [2.05, 4.69) is 22.3 Å². The van der Waals surface area contributed by atoms with Crippen LogP contribution in [0.5, 0.6) is 0 Å². The maximum Gasteiger partial charge on any atom is 0.0682 e. The highest BCUT2D eigenvalue weighted by atomic mass is 16.3. The van der Waals surface area contributed by atoms with Crippen molar-refractivity contribution in [1.82, 2.24) is 4.90 Å². The highest BCUT2D eigenvalue weighted by molar-refractivity contribution is 5.47. The maximum absolute atomic E-state index is 9.17. The molecular weight excluding hydrogens is 224 g/mol. The first kappa shape index (κ1) is 12.0. The van der Waals surface area contributed by atoms with E-state index in [4.69, 9.17) is 0 Å². The summed E-state index contributed by atoms with van der Waals surface area (Å²) in [5, 5.41) is 12.8. The number of aliphatic hydroxyl groups excluding tert-OH is 1. The van der Waals surface area contributed by atoms with E-state index in [0.29, 0.717) is 6.04 Å². The number of hydrogen-bond acceptors (Lipinski definition) is 3. The molecule has 0 amide bonds. The van der Waals surface area contributed by atoms with Gasteiger partial charge in [0.1, 0.15) is 0 Å². The summed E-state index contributed by atoms with van der Waals surface area (Å²) >= 11 is 0. The lowest BCUT2D eigenvalue weighted by Crippen LogP contribution is -2.41. The molecule has 2 saturated heterocycles. The Balaban J connectivity index is 1.68. The third-order valence-corrected chi connectivity index (χ3v) is 4.32. The molecule has 3 nitrogen and oxygen atoms in total. The normalized spacial score (nSPS) is 28.1. The molecule has 2 aliphatic rings. The minimum atomic E-state index is 0.121. The molecule has 2 aliphatic heterocycles. The summed E-state index contributed by atoms with van der Waals surface area (Å²) in [6.07, 6.45) is 5.31. The number of nitrogens with zero attached hydrogens (tertiary/aromatic N) is 1. The van der Waals surface area contributed by atoms with E-state index in [1.807, 2.05) is 12.1 Å². The van der Waals surface area contributed by atoms with Crippen LogP contribution in [0.25, 0.3) is 0 Å². The standard InChI is InChI=1S/C15H22N2O/c18-11-12-4-3-5-13(10-12)16-14-7-9-17-8-2-1-6-15(14)17/h3-5,10,14-16,18H,1-2,6-9,11H2. The molecule has 0 bridgehead atoms. The molecule has 3 heteroatoms. The number of rotatable bonds is 3. The second-order valence-corrected chi connectivity index (χ2v) is 5.50. The summed E-state index contributed by atoms with van der Waals surface area (Å²) in [4.78, 5) is 2.64. The van der Waals surface area contributed by atoms with Crippen molar-refractivity contribution in [3.8, 4) is 0 Å². The third kappa shape index (κ3) is 2.38. The van der Waals surface area contributed by atoms with Gasteiger partial charge in [0.25, 0.3) is 0 Å². The first-order valence-electron chi connectivity index (χ1n) is 7.07. The lowest BCUT2D eigenvalue weighted by Gasteiger charge is -2.33. The highest BCUT2D eigenvalue weighted by Gasteiger charge is 2.35. The Kier molecular flexibility index (Phi) is 3.52. The van der Waals surface area contributed by atoms with Crippen LogP contribution < -0.4 is 5.32 Å². The van der Waals surface area contributed by atoms with Crippen molar-refractivity contribution in [2.75, 3.05) is 18.4 Å².